The average Bonchev–Trinajstić information content (AvgIpc) is 2.53. The number of pyridine rings is 1. The molecular weight excluding hydrogens is 256 g/mol. The highest BCUT2D eigenvalue weighted by atomic mass is 15.1. The van der Waals surface area contributed by atoms with E-state index in [9.17, 15) is 0 Å². The zero-order valence-corrected chi connectivity index (χ0v) is 12.2. The molecule has 104 valence electrons. The Balaban J connectivity index is 1.84. The zero-order chi connectivity index (χ0) is 14.2. The first-order chi connectivity index (χ1) is 10.3. The lowest BCUT2D eigenvalue weighted by Crippen LogP contribution is -2.30. The Labute approximate surface area is 125 Å². The smallest absolute Gasteiger partial charge is 0.0702 e. The molecule has 0 spiro atoms. The van der Waals surface area contributed by atoms with Crippen molar-refractivity contribution in [2.75, 3.05) is 13.6 Å². The third kappa shape index (κ3) is 2.22. The van der Waals surface area contributed by atoms with E-state index in [1.165, 1.54) is 22.1 Å². The summed E-state index contributed by atoms with van der Waals surface area (Å²) in [6, 6.07) is 19.4. The molecule has 2 aromatic carbocycles. The average molecular weight is 274 g/mol. The van der Waals surface area contributed by atoms with Gasteiger partial charge in [0.1, 0.15) is 0 Å². The lowest BCUT2D eigenvalue weighted by Gasteiger charge is -2.32. The summed E-state index contributed by atoms with van der Waals surface area (Å²) >= 11 is 0. The van der Waals surface area contributed by atoms with Crippen LogP contribution in [0.5, 0.6) is 0 Å². The number of rotatable bonds is 1. The Morgan fingerprint density at radius 2 is 1.86 bits per heavy atom. The van der Waals surface area contributed by atoms with Crippen LogP contribution < -0.4 is 0 Å². The third-order valence-electron chi connectivity index (χ3n) is 4.38. The van der Waals surface area contributed by atoms with E-state index in [1.54, 1.807) is 0 Å². The predicted molar refractivity (Wildman–Crippen MR) is 86.4 cm³/mol. The molecular formula is C19H18N2. The van der Waals surface area contributed by atoms with E-state index in [0.29, 0.717) is 5.92 Å². The van der Waals surface area contributed by atoms with Crippen LogP contribution in [-0.4, -0.2) is 23.5 Å². The van der Waals surface area contributed by atoms with Gasteiger partial charge in [0, 0.05) is 30.6 Å². The summed E-state index contributed by atoms with van der Waals surface area (Å²) in [6.07, 6.45) is 2.04. The van der Waals surface area contributed by atoms with Crippen molar-refractivity contribution in [3.63, 3.8) is 0 Å². The Kier molecular flexibility index (Phi) is 2.97. The molecule has 21 heavy (non-hydrogen) atoms. The van der Waals surface area contributed by atoms with Crippen LogP contribution in [0.3, 0.4) is 0 Å². The highest BCUT2D eigenvalue weighted by molar-refractivity contribution is 5.79. The van der Waals surface area contributed by atoms with Gasteiger partial charge in [-0.05, 0) is 35.9 Å². The van der Waals surface area contributed by atoms with Gasteiger partial charge in [-0.15, -0.1) is 0 Å². The zero-order valence-electron chi connectivity index (χ0n) is 12.2. The predicted octanol–water partition coefficient (Wildman–Crippen LogP) is 3.81. The summed E-state index contributed by atoms with van der Waals surface area (Å²) in [5.41, 5.74) is 5.27. The number of hydrogen-bond donors (Lipinski definition) is 0. The van der Waals surface area contributed by atoms with Gasteiger partial charge in [0.15, 0.2) is 0 Å². The molecule has 2 heterocycles. The lowest BCUT2D eigenvalue weighted by molar-refractivity contribution is 0.295. The number of nitrogens with zero attached hydrogens (tertiary/aromatic N) is 2. The number of fused-ring (bicyclic) bond motifs is 2. The fourth-order valence-electron chi connectivity index (χ4n) is 3.35. The maximum atomic E-state index is 4.64. The topological polar surface area (TPSA) is 16.1 Å². The van der Waals surface area contributed by atoms with Gasteiger partial charge < -0.3 is 4.90 Å². The maximum Gasteiger partial charge on any atom is 0.0702 e. The van der Waals surface area contributed by atoms with Crippen molar-refractivity contribution in [1.29, 1.82) is 0 Å². The lowest BCUT2D eigenvalue weighted by atomic mass is 9.85. The second kappa shape index (κ2) is 4.97. The van der Waals surface area contributed by atoms with Crippen LogP contribution in [0.15, 0.2) is 60.8 Å². The Bertz CT molecular complexity index is 794. The summed E-state index contributed by atoms with van der Waals surface area (Å²) in [6.45, 7) is 2.09. The van der Waals surface area contributed by atoms with Crippen LogP contribution in [0.1, 0.15) is 22.6 Å². The minimum absolute atomic E-state index is 0.414. The molecule has 1 aliphatic rings. The van der Waals surface area contributed by atoms with Crippen molar-refractivity contribution in [3.05, 3.63) is 77.5 Å². The second-order valence-electron chi connectivity index (χ2n) is 5.91. The first-order valence-corrected chi connectivity index (χ1v) is 7.42. The standard InChI is InChI=1S/C19H18N2/c1-21-12-15-7-2-4-8-17(15)18(13-21)16-10-14-6-3-5-9-19(14)20-11-16/h2-11,18H,12-13H2,1H3/t18-/m0/s1. The van der Waals surface area contributed by atoms with E-state index in [1.807, 2.05) is 12.3 Å². The molecule has 1 atom stereocenters. The van der Waals surface area contributed by atoms with Crippen LogP contribution in [-0.2, 0) is 6.54 Å². The summed E-state index contributed by atoms with van der Waals surface area (Å²) in [5.74, 6) is 0.414. The van der Waals surface area contributed by atoms with Gasteiger partial charge in [-0.2, -0.15) is 0 Å². The Hall–Kier alpha value is -2.19. The van der Waals surface area contributed by atoms with Crippen molar-refractivity contribution in [2.24, 2.45) is 0 Å². The van der Waals surface area contributed by atoms with Crippen molar-refractivity contribution in [1.82, 2.24) is 9.88 Å². The number of para-hydroxylation sites is 1. The molecule has 0 fully saturated rings. The van der Waals surface area contributed by atoms with Crippen LogP contribution in [0.4, 0.5) is 0 Å². The molecule has 0 N–H and O–H groups in total. The summed E-state index contributed by atoms with van der Waals surface area (Å²) in [7, 11) is 2.19. The van der Waals surface area contributed by atoms with Gasteiger partial charge in [0.2, 0.25) is 0 Å². The van der Waals surface area contributed by atoms with Gasteiger partial charge in [-0.1, -0.05) is 42.5 Å². The molecule has 2 nitrogen and oxygen atoms in total. The number of hydrogen-bond acceptors (Lipinski definition) is 2. The van der Waals surface area contributed by atoms with E-state index in [4.69, 9.17) is 0 Å². The number of aromatic nitrogens is 1. The molecule has 4 rings (SSSR count). The summed E-state index contributed by atoms with van der Waals surface area (Å²) in [5, 5.41) is 1.22. The number of benzene rings is 2. The summed E-state index contributed by atoms with van der Waals surface area (Å²) < 4.78 is 0. The molecule has 0 aliphatic carbocycles. The Morgan fingerprint density at radius 1 is 1.05 bits per heavy atom. The fraction of sp³-hybridized carbons (Fsp3) is 0.211. The summed E-state index contributed by atoms with van der Waals surface area (Å²) in [4.78, 5) is 7.03. The van der Waals surface area contributed by atoms with Crippen LogP contribution in [0.25, 0.3) is 10.9 Å². The van der Waals surface area contributed by atoms with Gasteiger partial charge in [0.25, 0.3) is 0 Å². The van der Waals surface area contributed by atoms with Crippen molar-refractivity contribution < 1.29 is 0 Å². The van der Waals surface area contributed by atoms with E-state index < -0.39 is 0 Å². The van der Waals surface area contributed by atoms with E-state index in [0.717, 1.165) is 18.6 Å². The van der Waals surface area contributed by atoms with E-state index >= 15 is 0 Å². The molecule has 2 heteroatoms. The molecule has 1 aliphatic heterocycles. The highest BCUT2D eigenvalue weighted by Crippen LogP contribution is 2.33. The van der Waals surface area contributed by atoms with Crippen molar-refractivity contribution in [3.8, 4) is 0 Å². The highest BCUT2D eigenvalue weighted by Gasteiger charge is 2.24. The minimum atomic E-state index is 0.414. The van der Waals surface area contributed by atoms with Gasteiger partial charge in [0.05, 0.1) is 5.52 Å². The molecule has 0 saturated carbocycles. The monoisotopic (exact) mass is 274 g/mol. The third-order valence-corrected chi connectivity index (χ3v) is 4.38. The fourth-order valence-corrected chi connectivity index (χ4v) is 3.35. The molecule has 0 unspecified atom stereocenters. The SMILES string of the molecule is CN1Cc2ccccc2[C@H](c2cnc3ccccc3c2)C1. The van der Waals surface area contributed by atoms with Crippen LogP contribution >= 0.6 is 0 Å². The first kappa shape index (κ1) is 12.5. The molecule has 0 amide bonds. The first-order valence-electron chi connectivity index (χ1n) is 7.42. The molecule has 0 saturated heterocycles. The van der Waals surface area contributed by atoms with Gasteiger partial charge in [-0.3, -0.25) is 4.98 Å². The maximum absolute atomic E-state index is 4.64. The van der Waals surface area contributed by atoms with E-state index in [2.05, 4.69) is 65.5 Å². The van der Waals surface area contributed by atoms with Crippen molar-refractivity contribution >= 4 is 10.9 Å². The largest absolute Gasteiger partial charge is 0.301 e. The second-order valence-corrected chi connectivity index (χ2v) is 5.91. The van der Waals surface area contributed by atoms with E-state index in [-0.39, 0.29) is 0 Å². The molecule has 0 bridgehead atoms. The van der Waals surface area contributed by atoms with Gasteiger partial charge in [-0.25, -0.2) is 0 Å². The minimum Gasteiger partial charge on any atom is -0.301 e. The van der Waals surface area contributed by atoms with Crippen LogP contribution in [0, 0.1) is 0 Å². The van der Waals surface area contributed by atoms with Crippen molar-refractivity contribution in [2.45, 2.75) is 12.5 Å². The van der Waals surface area contributed by atoms with Gasteiger partial charge >= 0.3 is 0 Å². The molecule has 1 aromatic heterocycles. The quantitative estimate of drug-likeness (QED) is 0.671. The Morgan fingerprint density at radius 3 is 2.81 bits per heavy atom. The number of likely N-dealkylation sites (N-methyl/N-ethyl adjacent to an activating group) is 1. The van der Waals surface area contributed by atoms with Crippen LogP contribution in [0.2, 0.25) is 0 Å². The normalized spacial score (nSPS) is 18.6. The molecule has 0 radical (unpaired) electrons. The molecule has 3 aromatic rings.